The summed E-state index contributed by atoms with van der Waals surface area (Å²) in [6, 6.07) is 16.4. The number of fused-ring (bicyclic) bond motifs is 1. The Hall–Kier alpha value is -3.92. The van der Waals surface area contributed by atoms with Crippen LogP contribution in [-0.4, -0.2) is 48.3 Å². The number of amides is 1. The number of hydrogen-bond donors (Lipinski definition) is 1. The normalized spacial score (nSPS) is 15.9. The van der Waals surface area contributed by atoms with Gasteiger partial charge in [0, 0.05) is 5.56 Å². The van der Waals surface area contributed by atoms with E-state index < -0.39 is 28.1 Å². The van der Waals surface area contributed by atoms with E-state index >= 15 is 0 Å². The zero-order valence-corrected chi connectivity index (χ0v) is 24.7. The average molecular weight is 569 g/mol. The molecule has 214 valence electrons. The Kier molecular flexibility index (Phi) is 8.20. The minimum atomic E-state index is -4.05. The molecule has 2 unspecified atom stereocenters. The van der Waals surface area contributed by atoms with Crippen LogP contribution in [0.4, 0.5) is 5.69 Å². The number of ether oxygens (including phenoxy) is 4. The smallest absolute Gasteiger partial charge is 0.264 e. The van der Waals surface area contributed by atoms with Crippen molar-refractivity contribution < 1.29 is 32.2 Å². The molecule has 0 aliphatic carbocycles. The predicted molar refractivity (Wildman–Crippen MR) is 153 cm³/mol. The van der Waals surface area contributed by atoms with Gasteiger partial charge in [-0.25, -0.2) is 8.42 Å². The molecule has 0 radical (unpaired) electrons. The first kappa shape index (κ1) is 29.1. The average Bonchev–Trinajstić information content (AvgIpc) is 2.95. The lowest BCUT2D eigenvalue weighted by molar-refractivity contribution is -0.128. The summed E-state index contributed by atoms with van der Waals surface area (Å²) in [4.78, 5) is 13.6. The zero-order chi connectivity index (χ0) is 29.2. The molecular formula is C30H36N2O7S. The van der Waals surface area contributed by atoms with Crippen molar-refractivity contribution in [3.8, 4) is 23.0 Å². The van der Waals surface area contributed by atoms with Crippen molar-refractivity contribution in [2.24, 2.45) is 0 Å². The van der Waals surface area contributed by atoms with E-state index in [1.807, 2.05) is 39.8 Å². The fourth-order valence-electron chi connectivity index (χ4n) is 4.52. The summed E-state index contributed by atoms with van der Waals surface area (Å²) < 4.78 is 51.2. The van der Waals surface area contributed by atoms with Crippen LogP contribution in [0.25, 0.3) is 0 Å². The van der Waals surface area contributed by atoms with Gasteiger partial charge in [-0.15, -0.1) is 0 Å². The standard InChI is InChI=1S/C30H36N2O7S/c1-19(24-17-22(37-6)11-15-26(24)38-7)31-29(33)28-18-32(40(34,35)23-12-9-21(36-5)10-13-23)25-16-20(30(2,3)4)8-14-27(25)39-28/h8-17,19,28H,18H2,1-7H3,(H,31,33). The number of carbonyl (C=O) groups excluding carboxylic acids is 1. The number of nitrogens with zero attached hydrogens (tertiary/aromatic N) is 1. The third-order valence-electron chi connectivity index (χ3n) is 6.90. The lowest BCUT2D eigenvalue weighted by Crippen LogP contribution is -2.51. The van der Waals surface area contributed by atoms with Gasteiger partial charge in [-0.1, -0.05) is 26.8 Å². The maximum Gasteiger partial charge on any atom is 0.264 e. The Balaban J connectivity index is 1.70. The van der Waals surface area contributed by atoms with E-state index in [1.54, 1.807) is 50.6 Å². The van der Waals surface area contributed by atoms with Gasteiger partial charge < -0.3 is 24.3 Å². The van der Waals surface area contributed by atoms with Gasteiger partial charge in [0.1, 0.15) is 23.0 Å². The highest BCUT2D eigenvalue weighted by molar-refractivity contribution is 7.92. The molecular weight excluding hydrogens is 532 g/mol. The van der Waals surface area contributed by atoms with Crippen molar-refractivity contribution in [1.82, 2.24) is 5.32 Å². The first-order valence-corrected chi connectivity index (χ1v) is 14.3. The fourth-order valence-corrected chi connectivity index (χ4v) is 5.99. The third kappa shape index (κ3) is 5.82. The predicted octanol–water partition coefficient (Wildman–Crippen LogP) is 4.84. The van der Waals surface area contributed by atoms with Crippen LogP contribution in [0.1, 0.15) is 44.9 Å². The first-order chi connectivity index (χ1) is 18.9. The van der Waals surface area contributed by atoms with E-state index in [1.165, 1.54) is 23.5 Å². The molecule has 1 amide bonds. The molecule has 1 aliphatic rings. The number of hydrogen-bond acceptors (Lipinski definition) is 7. The molecule has 2 atom stereocenters. The maximum atomic E-state index is 13.9. The van der Waals surface area contributed by atoms with E-state index in [2.05, 4.69) is 5.32 Å². The quantitative estimate of drug-likeness (QED) is 0.415. The van der Waals surface area contributed by atoms with Crippen molar-refractivity contribution >= 4 is 21.6 Å². The summed E-state index contributed by atoms with van der Waals surface area (Å²) in [6.07, 6.45) is -1.10. The molecule has 10 heteroatoms. The van der Waals surface area contributed by atoms with Crippen molar-refractivity contribution in [2.75, 3.05) is 32.2 Å². The minimum Gasteiger partial charge on any atom is -0.497 e. The summed E-state index contributed by atoms with van der Waals surface area (Å²) in [6.45, 7) is 7.75. The van der Waals surface area contributed by atoms with Crippen molar-refractivity contribution in [2.45, 2.75) is 50.2 Å². The van der Waals surface area contributed by atoms with Gasteiger partial charge in [0.25, 0.3) is 15.9 Å². The Morgan fingerprint density at radius 2 is 1.60 bits per heavy atom. The van der Waals surface area contributed by atoms with Crippen LogP contribution >= 0.6 is 0 Å². The van der Waals surface area contributed by atoms with Gasteiger partial charge >= 0.3 is 0 Å². The molecule has 40 heavy (non-hydrogen) atoms. The van der Waals surface area contributed by atoms with Crippen LogP contribution in [0.15, 0.2) is 65.6 Å². The molecule has 0 spiro atoms. The summed E-state index contributed by atoms with van der Waals surface area (Å²) >= 11 is 0. The van der Waals surface area contributed by atoms with Crippen molar-refractivity contribution in [1.29, 1.82) is 0 Å². The number of rotatable bonds is 8. The molecule has 1 N–H and O–H groups in total. The van der Waals surface area contributed by atoms with Crippen molar-refractivity contribution in [3.05, 3.63) is 71.8 Å². The molecule has 0 saturated heterocycles. The molecule has 0 saturated carbocycles. The second-order valence-electron chi connectivity index (χ2n) is 10.6. The monoisotopic (exact) mass is 568 g/mol. The van der Waals surface area contributed by atoms with Crippen LogP contribution in [0.5, 0.6) is 23.0 Å². The lowest BCUT2D eigenvalue weighted by Gasteiger charge is -2.36. The number of benzene rings is 3. The highest BCUT2D eigenvalue weighted by atomic mass is 32.2. The van der Waals surface area contributed by atoms with Gasteiger partial charge in [0.2, 0.25) is 0 Å². The highest BCUT2D eigenvalue weighted by Crippen LogP contribution is 2.40. The SMILES string of the molecule is COc1ccc(S(=O)(=O)N2CC(C(=O)NC(C)c3cc(OC)ccc3OC)Oc3ccc(C(C)(C)C)cc32)cc1. The molecule has 3 aromatic rings. The Bertz CT molecular complexity index is 1480. The Labute approximate surface area is 236 Å². The van der Waals surface area contributed by atoms with Crippen LogP contribution in [-0.2, 0) is 20.2 Å². The summed E-state index contributed by atoms with van der Waals surface area (Å²) in [7, 11) is 0.578. The number of methoxy groups -OCH3 is 3. The number of anilines is 1. The minimum absolute atomic E-state index is 0.0796. The largest absolute Gasteiger partial charge is 0.497 e. The molecule has 1 aliphatic heterocycles. The molecule has 4 rings (SSSR count). The van der Waals surface area contributed by atoms with Gasteiger partial charge in [-0.2, -0.15) is 0 Å². The first-order valence-electron chi connectivity index (χ1n) is 12.9. The highest BCUT2D eigenvalue weighted by Gasteiger charge is 2.39. The van der Waals surface area contributed by atoms with E-state index in [0.29, 0.717) is 34.2 Å². The van der Waals surface area contributed by atoms with E-state index in [-0.39, 0.29) is 16.9 Å². The third-order valence-corrected chi connectivity index (χ3v) is 8.69. The van der Waals surface area contributed by atoms with Gasteiger partial charge in [0.15, 0.2) is 6.10 Å². The summed E-state index contributed by atoms with van der Waals surface area (Å²) in [5.41, 5.74) is 1.80. The molecule has 0 fully saturated rings. The van der Waals surface area contributed by atoms with Gasteiger partial charge in [0.05, 0.1) is 44.5 Å². The molecule has 9 nitrogen and oxygen atoms in total. The summed E-state index contributed by atoms with van der Waals surface area (Å²) in [5.74, 6) is 1.59. The number of carbonyl (C=O) groups is 1. The van der Waals surface area contributed by atoms with E-state index in [4.69, 9.17) is 18.9 Å². The van der Waals surface area contributed by atoms with Gasteiger partial charge in [-0.3, -0.25) is 9.10 Å². The number of sulfonamides is 1. The van der Waals surface area contributed by atoms with Crippen LogP contribution in [0, 0.1) is 0 Å². The maximum absolute atomic E-state index is 13.9. The fraction of sp³-hybridized carbons (Fsp3) is 0.367. The molecule has 0 bridgehead atoms. The van der Waals surface area contributed by atoms with Crippen LogP contribution in [0.3, 0.4) is 0 Å². The molecule has 0 aromatic heterocycles. The second-order valence-corrected chi connectivity index (χ2v) is 12.5. The van der Waals surface area contributed by atoms with E-state index in [0.717, 1.165) is 5.56 Å². The Morgan fingerprint density at radius 3 is 2.20 bits per heavy atom. The second kappa shape index (κ2) is 11.3. The summed E-state index contributed by atoms with van der Waals surface area (Å²) in [5, 5.41) is 2.95. The van der Waals surface area contributed by atoms with E-state index in [9.17, 15) is 13.2 Å². The zero-order valence-electron chi connectivity index (χ0n) is 23.8. The number of nitrogens with one attached hydrogen (secondary N) is 1. The topological polar surface area (TPSA) is 103 Å². The lowest BCUT2D eigenvalue weighted by atomic mass is 9.86. The Morgan fingerprint density at radius 1 is 0.950 bits per heavy atom. The van der Waals surface area contributed by atoms with Crippen LogP contribution in [0.2, 0.25) is 0 Å². The van der Waals surface area contributed by atoms with Crippen molar-refractivity contribution in [3.63, 3.8) is 0 Å². The molecule has 1 heterocycles. The van der Waals surface area contributed by atoms with Gasteiger partial charge in [-0.05, 0) is 72.5 Å². The molecule has 3 aromatic carbocycles. The van der Waals surface area contributed by atoms with Crippen LogP contribution < -0.4 is 28.6 Å².